The average molecular weight is 548 g/mol. The predicted octanol–water partition coefficient (Wildman–Crippen LogP) is 4.22. The number of aromatic nitrogens is 4. The number of sulfone groups is 1. The molecule has 4 aromatic rings. The first-order chi connectivity index (χ1) is 18.1. The summed E-state index contributed by atoms with van der Waals surface area (Å²) in [4.78, 5) is 7.02. The molecule has 0 saturated carbocycles. The Morgan fingerprint density at radius 3 is 2.58 bits per heavy atom. The quantitative estimate of drug-likeness (QED) is 0.329. The van der Waals surface area contributed by atoms with Crippen molar-refractivity contribution in [2.45, 2.75) is 31.9 Å². The third-order valence-corrected chi connectivity index (χ3v) is 8.74. The van der Waals surface area contributed by atoms with Gasteiger partial charge in [-0.15, -0.1) is 0 Å². The van der Waals surface area contributed by atoms with Gasteiger partial charge in [0.05, 0.1) is 29.1 Å². The molecular weight excluding hydrogens is 519 g/mol. The molecule has 202 valence electrons. The van der Waals surface area contributed by atoms with Gasteiger partial charge in [0.1, 0.15) is 15.5 Å². The van der Waals surface area contributed by atoms with Gasteiger partial charge in [0.25, 0.3) is 0 Å². The van der Waals surface area contributed by atoms with E-state index < -0.39 is 28.0 Å². The van der Waals surface area contributed by atoms with E-state index in [2.05, 4.69) is 14.7 Å². The second kappa shape index (κ2) is 10.4. The molecule has 8 nitrogen and oxygen atoms in total. The van der Waals surface area contributed by atoms with Crippen LogP contribution in [0.15, 0.2) is 48.9 Å². The topological polar surface area (TPSA) is 82.2 Å². The van der Waals surface area contributed by atoms with Crippen LogP contribution in [0.1, 0.15) is 18.4 Å². The zero-order valence-corrected chi connectivity index (χ0v) is 21.8. The van der Waals surface area contributed by atoms with Gasteiger partial charge in [-0.2, -0.15) is 13.9 Å². The van der Waals surface area contributed by atoms with Crippen LogP contribution >= 0.6 is 0 Å². The molecule has 0 unspecified atom stereocenters. The number of alkyl halides is 2. The maximum atomic E-state index is 14.4. The lowest BCUT2D eigenvalue weighted by Gasteiger charge is -2.31. The normalized spacial score (nSPS) is 16.1. The summed E-state index contributed by atoms with van der Waals surface area (Å²) in [6.45, 7) is -2.37. The smallest absolute Gasteiger partial charge is 0.387 e. The number of nitrogens with zero attached hydrogens (tertiary/aromatic N) is 5. The number of halogens is 3. The van der Waals surface area contributed by atoms with Gasteiger partial charge in [0, 0.05) is 43.0 Å². The van der Waals surface area contributed by atoms with Crippen LogP contribution in [-0.2, 0) is 23.3 Å². The number of aryl methyl sites for hydroxylation is 1. The van der Waals surface area contributed by atoms with Gasteiger partial charge in [-0.1, -0.05) is 0 Å². The molecule has 1 aliphatic rings. The lowest BCUT2D eigenvalue weighted by atomic mass is 10.1. The maximum absolute atomic E-state index is 14.4. The number of fused-ring (bicyclic) bond motifs is 1. The summed E-state index contributed by atoms with van der Waals surface area (Å²) in [5.74, 6) is -0.965. The van der Waals surface area contributed by atoms with Crippen molar-refractivity contribution in [2.24, 2.45) is 7.05 Å². The summed E-state index contributed by atoms with van der Waals surface area (Å²) in [6, 6.07) is 7.71. The molecule has 1 aliphatic heterocycles. The summed E-state index contributed by atoms with van der Waals surface area (Å²) in [6.07, 6.45) is 7.60. The first-order valence-corrected chi connectivity index (χ1v) is 14.1. The van der Waals surface area contributed by atoms with Crippen LogP contribution in [0.25, 0.3) is 28.0 Å². The van der Waals surface area contributed by atoms with Gasteiger partial charge in [0.2, 0.25) is 0 Å². The van der Waals surface area contributed by atoms with Crippen molar-refractivity contribution in [1.82, 2.24) is 24.2 Å². The van der Waals surface area contributed by atoms with Crippen molar-refractivity contribution >= 4 is 20.9 Å². The Morgan fingerprint density at radius 2 is 1.92 bits per heavy atom. The van der Waals surface area contributed by atoms with Crippen LogP contribution in [0, 0.1) is 5.82 Å². The fourth-order valence-corrected chi connectivity index (χ4v) is 6.37. The van der Waals surface area contributed by atoms with E-state index in [1.54, 1.807) is 16.9 Å². The Labute approximate surface area is 218 Å². The molecule has 0 N–H and O–H groups in total. The Hall–Kier alpha value is -3.38. The average Bonchev–Trinajstić information content (AvgIpc) is 3.46. The minimum Gasteiger partial charge on any atom is -0.432 e. The molecule has 1 saturated heterocycles. The first-order valence-electron chi connectivity index (χ1n) is 12.2. The molecule has 12 heteroatoms. The second-order valence-electron chi connectivity index (χ2n) is 9.60. The van der Waals surface area contributed by atoms with Crippen molar-refractivity contribution < 1.29 is 26.3 Å². The lowest BCUT2D eigenvalue weighted by Crippen LogP contribution is -2.39. The van der Waals surface area contributed by atoms with E-state index in [4.69, 9.17) is 4.98 Å². The number of likely N-dealkylation sites (N-methyl/N-ethyl adjacent to an activating group) is 1. The Morgan fingerprint density at radius 1 is 1.16 bits per heavy atom. The van der Waals surface area contributed by atoms with Crippen LogP contribution in [0.3, 0.4) is 0 Å². The van der Waals surface area contributed by atoms with Gasteiger partial charge in [0.15, 0.2) is 11.6 Å². The second-order valence-corrected chi connectivity index (χ2v) is 11.9. The highest BCUT2D eigenvalue weighted by Crippen LogP contribution is 2.30. The molecule has 38 heavy (non-hydrogen) atoms. The fraction of sp³-hybridized carbons (Fsp3) is 0.385. The van der Waals surface area contributed by atoms with Gasteiger partial charge >= 0.3 is 6.61 Å². The Kier molecular flexibility index (Phi) is 7.19. The predicted molar refractivity (Wildman–Crippen MR) is 138 cm³/mol. The van der Waals surface area contributed by atoms with Crippen molar-refractivity contribution in [3.8, 4) is 22.7 Å². The highest BCUT2D eigenvalue weighted by Gasteiger charge is 2.26. The zero-order chi connectivity index (χ0) is 27.0. The van der Waals surface area contributed by atoms with Crippen LogP contribution in [0.2, 0.25) is 0 Å². The van der Waals surface area contributed by atoms with Crippen molar-refractivity contribution in [3.63, 3.8) is 0 Å². The number of rotatable bonds is 8. The lowest BCUT2D eigenvalue weighted by molar-refractivity contribution is -0.0521. The number of hydrogen-bond acceptors (Lipinski definition) is 6. The molecule has 4 heterocycles. The van der Waals surface area contributed by atoms with E-state index in [9.17, 15) is 21.6 Å². The molecule has 1 aromatic carbocycles. The fourth-order valence-electron chi connectivity index (χ4n) is 4.91. The summed E-state index contributed by atoms with van der Waals surface area (Å²) in [5.41, 5.74) is 3.44. The van der Waals surface area contributed by atoms with E-state index in [0.29, 0.717) is 29.7 Å². The largest absolute Gasteiger partial charge is 0.432 e. The minimum absolute atomic E-state index is 0.224. The molecule has 0 amide bonds. The summed E-state index contributed by atoms with van der Waals surface area (Å²) in [7, 11) is 0.925. The van der Waals surface area contributed by atoms with Crippen LogP contribution in [-0.4, -0.2) is 70.4 Å². The summed E-state index contributed by atoms with van der Waals surface area (Å²) >= 11 is 0. The maximum Gasteiger partial charge on any atom is 0.387 e. The third kappa shape index (κ3) is 5.56. The monoisotopic (exact) mass is 547 g/mol. The van der Waals surface area contributed by atoms with Gasteiger partial charge in [-0.3, -0.25) is 9.25 Å². The van der Waals surface area contributed by atoms with Crippen molar-refractivity contribution in [2.75, 3.05) is 25.1 Å². The highest BCUT2D eigenvalue weighted by atomic mass is 32.2. The third-order valence-electron chi connectivity index (χ3n) is 7.03. The SMILES string of the molecule is CN(CCc1cn(-c2cnn(C)c2)c2nc(-c3ccc(OC(F)F)c(F)c3)ccc12)C1CCS(=O)(=O)CC1. The number of hydrogen-bond donors (Lipinski definition) is 0. The number of benzene rings is 1. The van der Waals surface area contributed by atoms with Crippen molar-refractivity contribution in [3.05, 3.63) is 60.3 Å². The van der Waals surface area contributed by atoms with E-state index >= 15 is 0 Å². The van der Waals surface area contributed by atoms with E-state index in [0.717, 1.165) is 35.7 Å². The Balaban J connectivity index is 1.45. The molecule has 0 atom stereocenters. The van der Waals surface area contributed by atoms with E-state index in [-0.39, 0.29) is 17.5 Å². The standard InChI is InChI=1S/C26H28F3N5O3S/c1-32(19-8-11-38(35,36)12-9-19)10-7-18-15-34(20-14-30-33(2)16-20)25-21(18)4-5-23(31-25)17-3-6-24(22(27)13-17)37-26(28)29/h3-6,13-16,19,26H,7-12H2,1-2H3. The molecule has 0 aliphatic carbocycles. The Bertz CT molecular complexity index is 1550. The highest BCUT2D eigenvalue weighted by molar-refractivity contribution is 7.91. The first kappa shape index (κ1) is 26.2. The number of ether oxygens (including phenoxy) is 1. The van der Waals surface area contributed by atoms with Crippen LogP contribution in [0.4, 0.5) is 13.2 Å². The molecule has 5 rings (SSSR count). The van der Waals surface area contributed by atoms with E-state index in [1.807, 2.05) is 37.1 Å². The summed E-state index contributed by atoms with van der Waals surface area (Å²) in [5, 5.41) is 5.19. The van der Waals surface area contributed by atoms with Crippen LogP contribution < -0.4 is 4.74 Å². The van der Waals surface area contributed by atoms with Crippen molar-refractivity contribution in [1.29, 1.82) is 0 Å². The summed E-state index contributed by atoms with van der Waals surface area (Å²) < 4.78 is 70.9. The number of pyridine rings is 1. The molecule has 0 spiro atoms. The van der Waals surface area contributed by atoms with Gasteiger partial charge in [-0.05, 0) is 62.2 Å². The zero-order valence-electron chi connectivity index (χ0n) is 21.0. The molecular formula is C26H28F3N5O3S. The molecule has 1 fully saturated rings. The van der Waals surface area contributed by atoms with E-state index in [1.165, 1.54) is 12.1 Å². The van der Waals surface area contributed by atoms with Gasteiger partial charge in [-0.25, -0.2) is 17.8 Å². The molecule has 0 bridgehead atoms. The minimum atomic E-state index is -3.11. The van der Waals surface area contributed by atoms with Crippen LogP contribution in [0.5, 0.6) is 5.75 Å². The molecule has 3 aromatic heterocycles. The molecule has 0 radical (unpaired) electrons. The van der Waals surface area contributed by atoms with Gasteiger partial charge < -0.3 is 9.64 Å².